The lowest BCUT2D eigenvalue weighted by Gasteiger charge is -2.16. The number of fused-ring (bicyclic) bond motifs is 1. The number of rotatable bonds is 7. The van der Waals surface area contributed by atoms with Crippen LogP contribution in [0.3, 0.4) is 0 Å². The van der Waals surface area contributed by atoms with Gasteiger partial charge < -0.3 is 33.6 Å². The minimum absolute atomic E-state index is 0.0200. The summed E-state index contributed by atoms with van der Waals surface area (Å²) in [5, 5.41) is 19.2. The van der Waals surface area contributed by atoms with Gasteiger partial charge in [0, 0.05) is 6.07 Å². The number of ether oxygens (including phenoxy) is 4. The molecule has 0 saturated heterocycles. The Bertz CT molecular complexity index is 1180. The van der Waals surface area contributed by atoms with Crippen LogP contribution in [0.5, 0.6) is 28.7 Å². The van der Waals surface area contributed by atoms with Gasteiger partial charge in [-0.15, -0.1) is 0 Å². The van der Waals surface area contributed by atoms with Gasteiger partial charge in [-0.2, -0.15) is 0 Å². The monoisotopic (exact) mass is 436 g/mol. The van der Waals surface area contributed by atoms with Gasteiger partial charge in [0.1, 0.15) is 16.9 Å². The number of carboxylic acid groups (broad SMARTS) is 1. The molecule has 0 aliphatic rings. The number of halogens is 1. The van der Waals surface area contributed by atoms with Crippen LogP contribution in [0.15, 0.2) is 33.5 Å². The third kappa shape index (κ3) is 3.55. The smallest absolute Gasteiger partial charge is 0.341 e. The quantitative estimate of drug-likeness (QED) is 0.573. The minimum Gasteiger partial charge on any atom is -0.507 e. The molecule has 0 aliphatic carbocycles. The van der Waals surface area contributed by atoms with E-state index < -0.39 is 23.8 Å². The molecule has 3 aromatic rings. The molecule has 2 N–H and O–H groups in total. The molecule has 0 bridgehead atoms. The first-order chi connectivity index (χ1) is 14.3. The minimum atomic E-state index is -1.22. The van der Waals surface area contributed by atoms with Crippen molar-refractivity contribution in [1.82, 2.24) is 0 Å². The van der Waals surface area contributed by atoms with E-state index in [4.69, 9.17) is 40.1 Å². The molecule has 0 atom stereocenters. The lowest BCUT2D eigenvalue weighted by Crippen LogP contribution is -2.12. The molecule has 9 nitrogen and oxygen atoms in total. The molecule has 0 amide bonds. The molecule has 2 aromatic carbocycles. The van der Waals surface area contributed by atoms with E-state index in [9.17, 15) is 14.7 Å². The van der Waals surface area contributed by atoms with E-state index in [-0.39, 0.29) is 50.3 Å². The molecule has 10 heteroatoms. The predicted molar refractivity (Wildman–Crippen MR) is 107 cm³/mol. The summed E-state index contributed by atoms with van der Waals surface area (Å²) in [7, 11) is 3.96. The van der Waals surface area contributed by atoms with E-state index in [1.807, 2.05) is 0 Å². The van der Waals surface area contributed by atoms with E-state index in [2.05, 4.69) is 0 Å². The van der Waals surface area contributed by atoms with Gasteiger partial charge in [0.25, 0.3) is 0 Å². The predicted octanol–water partition coefficient (Wildman–Crippen LogP) is 3.31. The topological polar surface area (TPSA) is 125 Å². The van der Waals surface area contributed by atoms with Gasteiger partial charge in [-0.25, -0.2) is 4.79 Å². The van der Waals surface area contributed by atoms with Crippen LogP contribution in [0, 0.1) is 0 Å². The summed E-state index contributed by atoms with van der Waals surface area (Å²) < 4.78 is 27.0. The summed E-state index contributed by atoms with van der Waals surface area (Å²) >= 11 is 6.18. The first-order valence-corrected chi connectivity index (χ1v) is 8.84. The third-order valence-electron chi connectivity index (χ3n) is 4.20. The van der Waals surface area contributed by atoms with E-state index in [0.717, 1.165) is 0 Å². The molecule has 0 aliphatic heterocycles. The molecule has 0 radical (unpaired) electrons. The fraction of sp³-hybridized carbons (Fsp3) is 0.200. The number of carboxylic acids is 1. The van der Waals surface area contributed by atoms with Crippen molar-refractivity contribution in [2.45, 2.75) is 0 Å². The molecule has 0 fully saturated rings. The van der Waals surface area contributed by atoms with E-state index in [1.54, 1.807) is 6.07 Å². The van der Waals surface area contributed by atoms with Crippen LogP contribution in [0.4, 0.5) is 0 Å². The number of para-hydroxylation sites is 1. The molecule has 3 rings (SSSR count). The zero-order chi connectivity index (χ0) is 22.0. The van der Waals surface area contributed by atoms with E-state index in [0.29, 0.717) is 0 Å². The van der Waals surface area contributed by atoms with Crippen molar-refractivity contribution in [1.29, 1.82) is 0 Å². The SMILES string of the molecule is COc1cc(O)c2c(=O)c(OC)c(-c3cccc(Cl)c3OCC(=O)O)oc2c1OC. The highest BCUT2D eigenvalue weighted by Crippen LogP contribution is 2.45. The first-order valence-electron chi connectivity index (χ1n) is 8.46. The van der Waals surface area contributed by atoms with Gasteiger partial charge in [-0.3, -0.25) is 4.79 Å². The van der Waals surface area contributed by atoms with Crippen molar-refractivity contribution in [3.8, 4) is 40.1 Å². The van der Waals surface area contributed by atoms with Crippen LogP contribution >= 0.6 is 11.6 Å². The molecular formula is C20H17ClO9. The number of hydrogen-bond donors (Lipinski definition) is 2. The van der Waals surface area contributed by atoms with Crippen LogP contribution in [0.25, 0.3) is 22.3 Å². The van der Waals surface area contributed by atoms with Gasteiger partial charge in [-0.1, -0.05) is 17.7 Å². The van der Waals surface area contributed by atoms with Crippen LogP contribution in [-0.2, 0) is 4.79 Å². The second kappa shape index (κ2) is 8.42. The Morgan fingerprint density at radius 3 is 2.40 bits per heavy atom. The lowest BCUT2D eigenvalue weighted by atomic mass is 10.1. The van der Waals surface area contributed by atoms with Crippen molar-refractivity contribution in [2.75, 3.05) is 27.9 Å². The first kappa shape index (κ1) is 21.1. The number of methoxy groups -OCH3 is 3. The Morgan fingerprint density at radius 1 is 1.10 bits per heavy atom. The van der Waals surface area contributed by atoms with Crippen LogP contribution in [-0.4, -0.2) is 44.1 Å². The third-order valence-corrected chi connectivity index (χ3v) is 4.50. The highest BCUT2D eigenvalue weighted by molar-refractivity contribution is 6.32. The van der Waals surface area contributed by atoms with Crippen molar-refractivity contribution in [3.05, 3.63) is 39.5 Å². The molecular weight excluding hydrogens is 420 g/mol. The Kier molecular flexibility index (Phi) is 5.93. The number of hydrogen-bond acceptors (Lipinski definition) is 8. The normalized spacial score (nSPS) is 10.7. The molecule has 1 aromatic heterocycles. The molecule has 158 valence electrons. The Balaban J connectivity index is 2.42. The number of aliphatic carboxylic acids is 1. The summed E-state index contributed by atoms with van der Waals surface area (Å²) in [6.45, 7) is -0.672. The van der Waals surface area contributed by atoms with Crippen molar-refractivity contribution >= 4 is 28.5 Å². The van der Waals surface area contributed by atoms with Crippen LogP contribution < -0.4 is 24.4 Å². The Labute approximate surface area is 174 Å². The number of carbonyl (C=O) groups is 1. The zero-order valence-corrected chi connectivity index (χ0v) is 16.9. The number of benzene rings is 2. The Hall–Kier alpha value is -3.59. The number of aromatic hydroxyl groups is 1. The molecule has 0 unspecified atom stereocenters. The number of phenolic OH excluding ortho intramolecular Hbond substituents is 1. The van der Waals surface area contributed by atoms with Gasteiger partial charge >= 0.3 is 5.97 Å². The highest BCUT2D eigenvalue weighted by atomic mass is 35.5. The van der Waals surface area contributed by atoms with Gasteiger partial charge in [-0.05, 0) is 12.1 Å². The van der Waals surface area contributed by atoms with Gasteiger partial charge in [0.15, 0.2) is 23.7 Å². The largest absolute Gasteiger partial charge is 0.507 e. The summed E-state index contributed by atoms with van der Waals surface area (Å²) in [4.78, 5) is 24.0. The van der Waals surface area contributed by atoms with Gasteiger partial charge in [0.05, 0.1) is 31.9 Å². The standard InChI is InChI=1S/C20H17ClO9/c1-26-12-7-11(22)14-15(25)20(28-3)17(30-19(14)18(12)27-2)9-5-4-6-10(21)16(9)29-8-13(23)24/h4-7,22H,8H2,1-3H3,(H,23,24). The van der Waals surface area contributed by atoms with Crippen LogP contribution in [0.2, 0.25) is 5.02 Å². The summed E-state index contributed by atoms with van der Waals surface area (Å²) in [6, 6.07) is 5.79. The van der Waals surface area contributed by atoms with E-state index >= 15 is 0 Å². The van der Waals surface area contributed by atoms with Crippen molar-refractivity contribution in [3.63, 3.8) is 0 Å². The molecule has 30 heavy (non-hydrogen) atoms. The van der Waals surface area contributed by atoms with Gasteiger partial charge in [0.2, 0.25) is 16.9 Å². The maximum absolute atomic E-state index is 13.1. The maximum atomic E-state index is 13.1. The number of phenols is 1. The average Bonchev–Trinajstić information content (AvgIpc) is 2.71. The molecule has 0 spiro atoms. The zero-order valence-electron chi connectivity index (χ0n) is 16.1. The van der Waals surface area contributed by atoms with Crippen LogP contribution in [0.1, 0.15) is 0 Å². The highest BCUT2D eigenvalue weighted by Gasteiger charge is 2.26. The fourth-order valence-electron chi connectivity index (χ4n) is 2.96. The van der Waals surface area contributed by atoms with Crippen molar-refractivity contribution in [2.24, 2.45) is 0 Å². The maximum Gasteiger partial charge on any atom is 0.341 e. The lowest BCUT2D eigenvalue weighted by molar-refractivity contribution is -0.139. The summed E-state index contributed by atoms with van der Waals surface area (Å²) in [5.74, 6) is -1.76. The molecule has 0 saturated carbocycles. The van der Waals surface area contributed by atoms with Crippen molar-refractivity contribution < 1.29 is 38.4 Å². The Morgan fingerprint density at radius 2 is 1.80 bits per heavy atom. The fourth-order valence-corrected chi connectivity index (χ4v) is 3.19. The average molecular weight is 437 g/mol. The second-order valence-electron chi connectivity index (χ2n) is 5.93. The molecule has 1 heterocycles. The van der Waals surface area contributed by atoms with E-state index in [1.165, 1.54) is 39.5 Å². The summed E-state index contributed by atoms with van der Waals surface area (Å²) in [6.07, 6.45) is 0. The second-order valence-corrected chi connectivity index (χ2v) is 6.34. The summed E-state index contributed by atoms with van der Waals surface area (Å²) in [5.41, 5.74) is -0.611.